The van der Waals surface area contributed by atoms with Crippen LogP contribution in [0.1, 0.15) is 46.0 Å². The van der Waals surface area contributed by atoms with Gasteiger partial charge in [-0.25, -0.2) is 0 Å². The highest BCUT2D eigenvalue weighted by atomic mass is 16.1. The lowest BCUT2D eigenvalue weighted by molar-refractivity contribution is -0.104. The van der Waals surface area contributed by atoms with Crippen LogP contribution in [0.4, 0.5) is 0 Å². The van der Waals surface area contributed by atoms with Crippen molar-refractivity contribution in [1.82, 2.24) is 0 Å². The van der Waals surface area contributed by atoms with Gasteiger partial charge in [-0.15, -0.1) is 0 Å². The molecule has 0 aromatic rings. The molecular weight excluding hydrogens is 236 g/mol. The van der Waals surface area contributed by atoms with Crippen molar-refractivity contribution in [2.75, 3.05) is 0 Å². The number of hydrogen-bond acceptors (Lipinski definition) is 2. The molecule has 0 fully saturated rings. The third-order valence-corrected chi connectivity index (χ3v) is 2.08. The van der Waals surface area contributed by atoms with Gasteiger partial charge >= 0.3 is 0 Å². The highest BCUT2D eigenvalue weighted by molar-refractivity contribution is 5.65. The normalized spacial score (nSPS) is 11.3. The van der Waals surface area contributed by atoms with E-state index in [-0.39, 0.29) is 0 Å². The summed E-state index contributed by atoms with van der Waals surface area (Å²) in [6, 6.07) is 0. The van der Waals surface area contributed by atoms with E-state index in [1.165, 1.54) is 31.4 Å². The maximum Gasteiger partial charge on any atom is 0.142 e. The molecule has 0 heterocycles. The molecule has 0 aliphatic heterocycles. The Hall–Kier alpha value is -1.70. The zero-order valence-corrected chi connectivity index (χ0v) is 12.1. The van der Waals surface area contributed by atoms with E-state index in [0.717, 1.165) is 25.4 Å². The maximum absolute atomic E-state index is 9.82. The minimum Gasteiger partial charge on any atom is -0.299 e. The van der Waals surface area contributed by atoms with E-state index in [4.69, 9.17) is 0 Å². The Labute approximate surface area is 117 Å². The molecule has 0 spiro atoms. The second-order valence-electron chi connectivity index (χ2n) is 3.80. The van der Waals surface area contributed by atoms with Crippen LogP contribution in [0.5, 0.6) is 0 Å². The molecule has 0 aliphatic rings. The van der Waals surface area contributed by atoms with Crippen molar-refractivity contribution in [1.29, 1.82) is 0 Å². The van der Waals surface area contributed by atoms with E-state index in [1.54, 1.807) is 12.2 Å². The Morgan fingerprint density at radius 3 is 1.74 bits per heavy atom. The lowest BCUT2D eigenvalue weighted by Gasteiger charge is -1.89. The summed E-state index contributed by atoms with van der Waals surface area (Å²) in [6.07, 6.45) is 21.8. The predicted octanol–water partition coefficient (Wildman–Crippen LogP) is 4.59. The summed E-state index contributed by atoms with van der Waals surface area (Å²) in [5.74, 6) is 0. The van der Waals surface area contributed by atoms with Crippen molar-refractivity contribution in [2.24, 2.45) is 0 Å². The molecule has 0 unspecified atom stereocenters. The van der Waals surface area contributed by atoms with E-state index in [0.29, 0.717) is 0 Å². The van der Waals surface area contributed by atoms with Gasteiger partial charge in [-0.3, -0.25) is 9.59 Å². The largest absolute Gasteiger partial charge is 0.299 e. The Balaban J connectivity index is 0. The van der Waals surface area contributed by atoms with Crippen LogP contribution >= 0.6 is 0 Å². The zero-order chi connectivity index (χ0) is 14.6. The van der Waals surface area contributed by atoms with Gasteiger partial charge in [0.15, 0.2) is 0 Å². The van der Waals surface area contributed by atoms with E-state index >= 15 is 0 Å². The number of allylic oxidation sites excluding steroid dienone is 8. The average Bonchev–Trinajstić information content (AvgIpc) is 2.44. The first kappa shape index (κ1) is 19.6. The topological polar surface area (TPSA) is 34.1 Å². The molecule has 0 radical (unpaired) electrons. The van der Waals surface area contributed by atoms with Gasteiger partial charge < -0.3 is 0 Å². The highest BCUT2D eigenvalue weighted by Crippen LogP contribution is 1.99. The summed E-state index contributed by atoms with van der Waals surface area (Å²) in [5, 5.41) is 0. The molecule has 0 saturated carbocycles. The summed E-state index contributed by atoms with van der Waals surface area (Å²) >= 11 is 0. The van der Waals surface area contributed by atoms with Crippen LogP contribution < -0.4 is 0 Å². The fourth-order valence-electron chi connectivity index (χ4n) is 1.12. The first-order chi connectivity index (χ1) is 9.33. The van der Waals surface area contributed by atoms with Crippen molar-refractivity contribution in [3.05, 3.63) is 48.6 Å². The molecule has 0 aromatic heterocycles. The van der Waals surface area contributed by atoms with E-state index in [1.807, 2.05) is 25.2 Å². The van der Waals surface area contributed by atoms with Crippen LogP contribution in [0, 0.1) is 0 Å². The number of carbonyl (C=O) groups excluding carboxylic acids is 2. The number of carbonyl (C=O) groups is 2. The minimum absolute atomic E-state index is 0.764. The summed E-state index contributed by atoms with van der Waals surface area (Å²) in [5.41, 5.74) is 0. The van der Waals surface area contributed by atoms with E-state index in [2.05, 4.69) is 13.0 Å². The van der Waals surface area contributed by atoms with Crippen molar-refractivity contribution < 1.29 is 9.59 Å². The van der Waals surface area contributed by atoms with Crippen LogP contribution in [0.2, 0.25) is 0 Å². The first-order valence-electron chi connectivity index (χ1n) is 6.87. The quantitative estimate of drug-likeness (QED) is 0.264. The molecule has 0 aliphatic carbocycles. The van der Waals surface area contributed by atoms with Gasteiger partial charge in [0.1, 0.15) is 12.6 Å². The molecule has 0 atom stereocenters. The van der Waals surface area contributed by atoms with Gasteiger partial charge in [-0.05, 0) is 31.4 Å². The molecule has 0 aromatic carbocycles. The Morgan fingerprint density at radius 2 is 1.26 bits per heavy atom. The molecule has 0 amide bonds. The predicted molar refractivity (Wildman–Crippen MR) is 83.1 cm³/mol. The maximum atomic E-state index is 9.82. The molecule has 19 heavy (non-hydrogen) atoms. The molecule has 106 valence electrons. The van der Waals surface area contributed by atoms with Gasteiger partial charge in [0.25, 0.3) is 0 Å². The minimum atomic E-state index is 0.764. The number of aldehydes is 2. The number of hydrogen-bond donors (Lipinski definition) is 0. The first-order valence-corrected chi connectivity index (χ1v) is 6.87. The van der Waals surface area contributed by atoms with Crippen molar-refractivity contribution in [3.63, 3.8) is 0 Å². The Morgan fingerprint density at radius 1 is 0.684 bits per heavy atom. The molecule has 0 saturated heterocycles. The highest BCUT2D eigenvalue weighted by Gasteiger charge is 1.79. The monoisotopic (exact) mass is 262 g/mol. The second kappa shape index (κ2) is 21.6. The van der Waals surface area contributed by atoms with Gasteiger partial charge in [-0.1, -0.05) is 63.1 Å². The third-order valence-electron chi connectivity index (χ3n) is 2.08. The van der Waals surface area contributed by atoms with Crippen molar-refractivity contribution >= 4 is 12.6 Å². The van der Waals surface area contributed by atoms with Gasteiger partial charge in [0, 0.05) is 0 Å². The van der Waals surface area contributed by atoms with Crippen LogP contribution in [0.3, 0.4) is 0 Å². The summed E-state index contributed by atoms with van der Waals surface area (Å²) < 4.78 is 0. The smallest absolute Gasteiger partial charge is 0.142 e. The molecular formula is C17H26O2. The fraction of sp³-hybridized carbons (Fsp3) is 0.412. The van der Waals surface area contributed by atoms with Crippen molar-refractivity contribution in [2.45, 2.75) is 46.0 Å². The molecule has 2 nitrogen and oxygen atoms in total. The fourth-order valence-corrected chi connectivity index (χ4v) is 1.12. The Bertz CT molecular complexity index is 296. The van der Waals surface area contributed by atoms with Gasteiger partial charge in [-0.2, -0.15) is 0 Å². The lowest BCUT2D eigenvalue weighted by atomic mass is 10.2. The summed E-state index contributed by atoms with van der Waals surface area (Å²) in [7, 11) is 0. The molecule has 0 N–H and O–H groups in total. The second-order valence-corrected chi connectivity index (χ2v) is 3.80. The number of unbranched alkanes of at least 4 members (excludes halogenated alkanes) is 3. The SMILES string of the molecule is CC/C=C/C=C/C=O.CCCCC/C=C/C=C/C=O. The lowest BCUT2D eigenvalue weighted by Crippen LogP contribution is -1.69. The molecule has 2 heteroatoms. The van der Waals surface area contributed by atoms with Crippen LogP contribution in [0.15, 0.2) is 48.6 Å². The Kier molecular flexibility index (Phi) is 22.3. The molecule has 0 bridgehead atoms. The van der Waals surface area contributed by atoms with Gasteiger partial charge in [0.2, 0.25) is 0 Å². The van der Waals surface area contributed by atoms with Crippen LogP contribution in [-0.4, -0.2) is 12.6 Å². The van der Waals surface area contributed by atoms with E-state index in [9.17, 15) is 9.59 Å². The standard InChI is InChI=1S/C10H16O.C7H10O/c1-2-3-4-5-6-7-8-9-10-11;1-2-3-4-5-6-7-8/h6-10H,2-5H2,1H3;3-7H,2H2,1H3/b7-6+,9-8+;4-3+,6-5+. The van der Waals surface area contributed by atoms with Crippen molar-refractivity contribution in [3.8, 4) is 0 Å². The van der Waals surface area contributed by atoms with Crippen LogP contribution in [0.25, 0.3) is 0 Å². The number of rotatable bonds is 9. The van der Waals surface area contributed by atoms with Gasteiger partial charge in [0.05, 0.1) is 0 Å². The molecule has 0 rings (SSSR count). The third kappa shape index (κ3) is 26.1. The summed E-state index contributed by atoms with van der Waals surface area (Å²) in [6.45, 7) is 4.24. The van der Waals surface area contributed by atoms with Crippen LogP contribution in [-0.2, 0) is 9.59 Å². The zero-order valence-electron chi connectivity index (χ0n) is 12.1. The van der Waals surface area contributed by atoms with E-state index < -0.39 is 0 Å². The summed E-state index contributed by atoms with van der Waals surface area (Å²) in [4.78, 5) is 19.5. The average molecular weight is 262 g/mol.